The number of thiazole rings is 1. The lowest BCUT2D eigenvalue weighted by molar-refractivity contribution is 0.260. The average molecular weight is 157 g/mol. The first-order valence-corrected chi connectivity index (χ1v) is 4.31. The van der Waals surface area contributed by atoms with Crippen molar-refractivity contribution in [2.45, 2.75) is 19.3 Å². The normalized spacial score (nSPS) is 13.4. The Morgan fingerprint density at radius 3 is 3.00 bits per heavy atom. The van der Waals surface area contributed by atoms with E-state index in [1.54, 1.807) is 16.8 Å². The van der Waals surface area contributed by atoms with Gasteiger partial charge in [0, 0.05) is 11.3 Å². The summed E-state index contributed by atoms with van der Waals surface area (Å²) in [6.45, 7) is 2.26. The molecule has 1 heterocycles. The number of hydrogen-bond acceptors (Lipinski definition) is 3. The Bertz CT molecular complexity index is 170. The highest BCUT2D eigenvalue weighted by molar-refractivity contribution is 7.07. The van der Waals surface area contributed by atoms with Crippen LogP contribution in [0.25, 0.3) is 0 Å². The van der Waals surface area contributed by atoms with Crippen molar-refractivity contribution < 1.29 is 5.11 Å². The zero-order valence-electron chi connectivity index (χ0n) is 5.95. The molecule has 0 radical (unpaired) electrons. The van der Waals surface area contributed by atoms with Crippen LogP contribution in [0.5, 0.6) is 0 Å². The lowest BCUT2D eigenvalue weighted by Gasteiger charge is -2.06. The van der Waals surface area contributed by atoms with Crippen LogP contribution in [0.2, 0.25) is 0 Å². The van der Waals surface area contributed by atoms with Crippen molar-refractivity contribution in [1.29, 1.82) is 0 Å². The van der Waals surface area contributed by atoms with E-state index in [1.807, 2.05) is 5.38 Å². The van der Waals surface area contributed by atoms with Gasteiger partial charge in [-0.3, -0.25) is 0 Å². The van der Waals surface area contributed by atoms with E-state index in [1.165, 1.54) is 0 Å². The maximum absolute atomic E-state index is 8.86. The first-order chi connectivity index (χ1) is 4.88. The van der Waals surface area contributed by atoms with Gasteiger partial charge < -0.3 is 5.11 Å². The van der Waals surface area contributed by atoms with Crippen LogP contribution in [0.3, 0.4) is 0 Å². The van der Waals surface area contributed by atoms with Crippen LogP contribution in [-0.4, -0.2) is 16.7 Å². The molecule has 1 unspecified atom stereocenters. The van der Waals surface area contributed by atoms with E-state index in [4.69, 9.17) is 5.11 Å². The number of aliphatic hydroxyl groups is 1. The molecule has 0 amide bonds. The van der Waals surface area contributed by atoms with Crippen molar-refractivity contribution in [3.8, 4) is 0 Å². The van der Waals surface area contributed by atoms with Crippen molar-refractivity contribution in [1.82, 2.24) is 4.98 Å². The predicted octanol–water partition coefficient (Wildman–Crippen LogP) is 1.63. The molecule has 0 saturated heterocycles. The van der Waals surface area contributed by atoms with Gasteiger partial charge in [-0.2, -0.15) is 0 Å². The summed E-state index contributed by atoms with van der Waals surface area (Å²) in [5.74, 6) is 0.242. The zero-order valence-corrected chi connectivity index (χ0v) is 6.77. The summed E-state index contributed by atoms with van der Waals surface area (Å²) in [6.07, 6.45) is 0.959. The lowest BCUT2D eigenvalue weighted by Crippen LogP contribution is -2.02. The minimum Gasteiger partial charge on any atom is -0.396 e. The third-order valence-corrected chi connectivity index (χ3v) is 2.19. The topological polar surface area (TPSA) is 33.1 Å². The van der Waals surface area contributed by atoms with Crippen molar-refractivity contribution in [2.75, 3.05) is 6.61 Å². The smallest absolute Gasteiger partial charge is 0.0794 e. The molecule has 0 aliphatic carbocycles. The standard InChI is InChI=1S/C7H11NOS/c1-2-6(3-9)7-4-10-5-8-7/h4-6,9H,2-3H2,1H3. The molecule has 1 atom stereocenters. The van der Waals surface area contributed by atoms with Crippen LogP contribution in [-0.2, 0) is 0 Å². The van der Waals surface area contributed by atoms with Crippen LogP contribution in [0.1, 0.15) is 25.0 Å². The highest BCUT2D eigenvalue weighted by Crippen LogP contribution is 2.17. The van der Waals surface area contributed by atoms with Crippen molar-refractivity contribution in [3.05, 3.63) is 16.6 Å². The van der Waals surface area contributed by atoms with Gasteiger partial charge in [-0.05, 0) is 6.42 Å². The molecule has 1 aromatic heterocycles. The molecular weight excluding hydrogens is 146 g/mol. The SMILES string of the molecule is CCC(CO)c1cscn1. The summed E-state index contributed by atoms with van der Waals surface area (Å²) in [5, 5.41) is 10.9. The molecule has 1 N–H and O–H groups in total. The van der Waals surface area contributed by atoms with Gasteiger partial charge in [0.25, 0.3) is 0 Å². The molecule has 1 rings (SSSR count). The molecule has 0 bridgehead atoms. The fourth-order valence-electron chi connectivity index (χ4n) is 0.855. The molecular formula is C7H11NOS. The highest BCUT2D eigenvalue weighted by Gasteiger charge is 2.08. The molecule has 10 heavy (non-hydrogen) atoms. The van der Waals surface area contributed by atoms with Gasteiger partial charge in [0.05, 0.1) is 17.8 Å². The summed E-state index contributed by atoms with van der Waals surface area (Å²) in [5.41, 5.74) is 2.82. The lowest BCUT2D eigenvalue weighted by atomic mass is 10.1. The Morgan fingerprint density at radius 2 is 2.60 bits per heavy atom. The van der Waals surface area contributed by atoms with E-state index in [0.717, 1.165) is 12.1 Å². The fourth-order valence-corrected chi connectivity index (χ4v) is 1.49. The Morgan fingerprint density at radius 1 is 1.80 bits per heavy atom. The number of aliphatic hydroxyl groups excluding tert-OH is 1. The van der Waals surface area contributed by atoms with Gasteiger partial charge in [0.2, 0.25) is 0 Å². The molecule has 1 aromatic rings. The van der Waals surface area contributed by atoms with Crippen molar-refractivity contribution in [2.24, 2.45) is 0 Å². The van der Waals surface area contributed by atoms with Crippen molar-refractivity contribution >= 4 is 11.3 Å². The summed E-state index contributed by atoms with van der Waals surface area (Å²) >= 11 is 1.58. The number of hydrogen-bond donors (Lipinski definition) is 1. The minimum atomic E-state index is 0.209. The Balaban J connectivity index is 2.64. The van der Waals surface area contributed by atoms with Gasteiger partial charge in [0.15, 0.2) is 0 Å². The third kappa shape index (κ3) is 1.55. The molecule has 0 spiro atoms. The van der Waals surface area contributed by atoms with Crippen LogP contribution >= 0.6 is 11.3 Å². The third-order valence-electron chi connectivity index (χ3n) is 1.58. The zero-order chi connectivity index (χ0) is 7.40. The molecule has 0 fully saturated rings. The fraction of sp³-hybridized carbons (Fsp3) is 0.571. The van der Waals surface area contributed by atoms with E-state index in [0.29, 0.717) is 0 Å². The van der Waals surface area contributed by atoms with E-state index < -0.39 is 0 Å². The van der Waals surface area contributed by atoms with Crippen LogP contribution in [0.15, 0.2) is 10.9 Å². The number of nitrogens with zero attached hydrogens (tertiary/aromatic N) is 1. The monoisotopic (exact) mass is 157 g/mol. The Labute approximate surface area is 64.5 Å². The quantitative estimate of drug-likeness (QED) is 0.723. The molecule has 56 valence electrons. The Hall–Kier alpha value is -0.410. The van der Waals surface area contributed by atoms with Gasteiger partial charge >= 0.3 is 0 Å². The van der Waals surface area contributed by atoms with Gasteiger partial charge in [0.1, 0.15) is 0 Å². The van der Waals surface area contributed by atoms with Gasteiger partial charge in [-0.15, -0.1) is 11.3 Å². The van der Waals surface area contributed by atoms with Crippen LogP contribution < -0.4 is 0 Å². The average Bonchev–Trinajstić information content (AvgIpc) is 2.43. The first-order valence-electron chi connectivity index (χ1n) is 3.37. The van der Waals surface area contributed by atoms with Gasteiger partial charge in [-0.1, -0.05) is 6.92 Å². The van der Waals surface area contributed by atoms with E-state index in [-0.39, 0.29) is 12.5 Å². The van der Waals surface area contributed by atoms with E-state index in [9.17, 15) is 0 Å². The second-order valence-electron chi connectivity index (χ2n) is 2.20. The van der Waals surface area contributed by atoms with E-state index >= 15 is 0 Å². The summed E-state index contributed by atoms with van der Waals surface area (Å²) in [4.78, 5) is 4.12. The largest absolute Gasteiger partial charge is 0.396 e. The summed E-state index contributed by atoms with van der Waals surface area (Å²) in [7, 11) is 0. The maximum Gasteiger partial charge on any atom is 0.0794 e. The maximum atomic E-state index is 8.86. The molecule has 0 aliphatic rings. The molecule has 0 saturated carbocycles. The molecule has 0 aliphatic heterocycles. The molecule has 2 nitrogen and oxygen atoms in total. The second-order valence-corrected chi connectivity index (χ2v) is 2.92. The molecule has 3 heteroatoms. The molecule has 0 aromatic carbocycles. The minimum absolute atomic E-state index is 0.209. The van der Waals surface area contributed by atoms with E-state index in [2.05, 4.69) is 11.9 Å². The van der Waals surface area contributed by atoms with Crippen molar-refractivity contribution in [3.63, 3.8) is 0 Å². The summed E-state index contributed by atoms with van der Waals surface area (Å²) in [6, 6.07) is 0. The second kappa shape index (κ2) is 3.68. The number of rotatable bonds is 3. The van der Waals surface area contributed by atoms with Crippen LogP contribution in [0.4, 0.5) is 0 Å². The van der Waals surface area contributed by atoms with Crippen LogP contribution in [0, 0.1) is 0 Å². The first kappa shape index (κ1) is 7.69. The number of aromatic nitrogens is 1. The van der Waals surface area contributed by atoms with Gasteiger partial charge in [-0.25, -0.2) is 4.98 Å². The summed E-state index contributed by atoms with van der Waals surface area (Å²) < 4.78 is 0. The Kier molecular flexibility index (Phi) is 2.83. The predicted molar refractivity (Wildman–Crippen MR) is 42.2 cm³/mol. The highest BCUT2D eigenvalue weighted by atomic mass is 32.1.